The van der Waals surface area contributed by atoms with Crippen molar-refractivity contribution >= 4 is 35.0 Å². The molecule has 0 unspecified atom stereocenters. The number of hydrogen-bond acceptors (Lipinski definition) is 6. The van der Waals surface area contributed by atoms with Gasteiger partial charge in [0.2, 0.25) is 23.6 Å². The van der Waals surface area contributed by atoms with Crippen LogP contribution in [0.3, 0.4) is 0 Å². The van der Waals surface area contributed by atoms with Crippen molar-refractivity contribution in [2.75, 3.05) is 9.80 Å². The predicted octanol–water partition coefficient (Wildman–Crippen LogP) is 2.07. The molecule has 2 saturated carbocycles. The van der Waals surface area contributed by atoms with E-state index in [1.54, 1.807) is 24.3 Å². The summed E-state index contributed by atoms with van der Waals surface area (Å²) in [6.07, 6.45) is 3.94. The number of rotatable bonds is 2. The van der Waals surface area contributed by atoms with Crippen LogP contribution in [0.2, 0.25) is 0 Å². The van der Waals surface area contributed by atoms with Crippen LogP contribution < -0.4 is 9.80 Å². The molecule has 4 fully saturated rings. The molecule has 8 rings (SSSR count). The largest absolute Gasteiger partial charge is 0.508 e. The van der Waals surface area contributed by atoms with Gasteiger partial charge in [-0.05, 0) is 72.2 Å². The molecule has 2 saturated heterocycles. The van der Waals surface area contributed by atoms with Gasteiger partial charge in [-0.15, -0.1) is 0 Å². The molecule has 34 heavy (non-hydrogen) atoms. The summed E-state index contributed by atoms with van der Waals surface area (Å²) in [4.78, 5) is 56.1. The fourth-order valence-corrected chi connectivity index (χ4v) is 7.31. The van der Waals surface area contributed by atoms with Crippen LogP contribution in [0.25, 0.3) is 0 Å². The maximum Gasteiger partial charge on any atom is 0.238 e. The highest BCUT2D eigenvalue weighted by atomic mass is 16.3. The number of carbonyl (C=O) groups excluding carboxylic acids is 4. The van der Waals surface area contributed by atoms with Gasteiger partial charge in [0.05, 0.1) is 35.0 Å². The van der Waals surface area contributed by atoms with Crippen LogP contribution in [-0.4, -0.2) is 33.8 Å². The topological polar surface area (TPSA) is 115 Å². The van der Waals surface area contributed by atoms with E-state index in [0.29, 0.717) is 11.4 Å². The molecular weight excluding hydrogens is 436 g/mol. The summed E-state index contributed by atoms with van der Waals surface area (Å²) < 4.78 is 0. The van der Waals surface area contributed by atoms with Crippen molar-refractivity contribution in [3.63, 3.8) is 0 Å². The lowest BCUT2D eigenvalue weighted by atomic mass is 9.40. The minimum atomic E-state index is -0.552. The third-order valence-electron chi connectivity index (χ3n) is 8.56. The van der Waals surface area contributed by atoms with Crippen LogP contribution in [-0.2, 0) is 19.2 Å². The Morgan fingerprint density at radius 2 is 0.824 bits per heavy atom. The SMILES string of the molecule is O=C1[C@H]2[C@H]3C=C[C@@H]([C@@H]2C(=O)N1c1ccc(O)cc1)[C@H]1[C@H]2C(=O)N(c4ccc(O)cc4)C(=O)[C@@H]2[C@H]31. The highest BCUT2D eigenvalue weighted by Crippen LogP contribution is 2.68. The van der Waals surface area contributed by atoms with Crippen molar-refractivity contribution in [2.45, 2.75) is 0 Å². The zero-order valence-electron chi connectivity index (χ0n) is 17.8. The summed E-state index contributed by atoms with van der Waals surface area (Å²) in [6.45, 7) is 0. The van der Waals surface area contributed by atoms with Gasteiger partial charge in [-0.25, -0.2) is 0 Å². The van der Waals surface area contributed by atoms with E-state index >= 15 is 0 Å². The molecular formula is C26H20N2O6. The number of phenols is 2. The Morgan fingerprint density at radius 3 is 1.18 bits per heavy atom. The zero-order chi connectivity index (χ0) is 23.5. The molecule has 8 nitrogen and oxygen atoms in total. The molecule has 2 bridgehead atoms. The molecule has 8 atom stereocenters. The second-order valence-corrected chi connectivity index (χ2v) is 9.85. The van der Waals surface area contributed by atoms with E-state index in [0.717, 1.165) is 0 Å². The molecule has 0 radical (unpaired) electrons. The lowest BCUT2D eigenvalue weighted by molar-refractivity contribution is -0.166. The Bertz CT molecular complexity index is 1260. The van der Waals surface area contributed by atoms with Gasteiger partial charge in [0, 0.05) is 0 Å². The number of carbonyl (C=O) groups is 4. The van der Waals surface area contributed by atoms with Crippen LogP contribution >= 0.6 is 0 Å². The third-order valence-corrected chi connectivity index (χ3v) is 8.56. The monoisotopic (exact) mass is 456 g/mol. The standard InChI is InChI=1S/C26H20N2O6/c29-13-5-1-11(2-6-13)27-23(31)19-15-9-10-16(20(19)24(27)32)18-17(15)21-22(18)26(34)28(25(21)33)12-3-7-14(30)8-4-12/h1-10,15-22,29-30H/t15-,16+,17-,18-,19+,20+,21-,22-/m1/s1. The number of hydrogen-bond donors (Lipinski definition) is 2. The highest BCUT2D eigenvalue weighted by Gasteiger charge is 2.75. The first-order valence-electron chi connectivity index (χ1n) is 11.4. The van der Waals surface area contributed by atoms with Gasteiger partial charge in [-0.1, -0.05) is 12.2 Å². The van der Waals surface area contributed by atoms with E-state index in [-0.39, 0.29) is 58.8 Å². The van der Waals surface area contributed by atoms with Crippen molar-refractivity contribution in [1.29, 1.82) is 0 Å². The quantitative estimate of drug-likeness (QED) is 0.528. The summed E-state index contributed by atoms with van der Waals surface area (Å²) in [7, 11) is 0. The van der Waals surface area contributed by atoms with Crippen LogP contribution in [0.5, 0.6) is 11.5 Å². The van der Waals surface area contributed by atoms with Gasteiger partial charge in [0.1, 0.15) is 11.5 Å². The summed E-state index contributed by atoms with van der Waals surface area (Å²) in [6, 6.07) is 11.9. The Hall–Kier alpha value is -3.94. The van der Waals surface area contributed by atoms with Gasteiger partial charge in [0.15, 0.2) is 0 Å². The average molecular weight is 456 g/mol. The van der Waals surface area contributed by atoms with Crippen LogP contribution in [0.4, 0.5) is 11.4 Å². The molecule has 2 heterocycles. The zero-order valence-corrected chi connectivity index (χ0v) is 17.8. The first-order valence-corrected chi connectivity index (χ1v) is 11.4. The summed E-state index contributed by atoms with van der Waals surface area (Å²) in [5, 5.41) is 19.2. The van der Waals surface area contributed by atoms with Gasteiger partial charge in [0.25, 0.3) is 0 Å². The normalized spacial score (nSPS) is 37.1. The predicted molar refractivity (Wildman–Crippen MR) is 118 cm³/mol. The smallest absolute Gasteiger partial charge is 0.238 e. The fraction of sp³-hybridized carbons (Fsp3) is 0.308. The van der Waals surface area contributed by atoms with Gasteiger partial charge in [-0.3, -0.25) is 29.0 Å². The molecule has 0 aromatic heterocycles. The number of allylic oxidation sites excluding steroid dienone is 2. The van der Waals surface area contributed by atoms with E-state index in [9.17, 15) is 29.4 Å². The van der Waals surface area contributed by atoms with Crippen LogP contribution in [0.15, 0.2) is 60.7 Å². The van der Waals surface area contributed by atoms with Crippen molar-refractivity contribution in [2.24, 2.45) is 47.3 Å². The third kappa shape index (κ3) is 2.18. The number of anilines is 2. The molecule has 170 valence electrons. The van der Waals surface area contributed by atoms with Crippen LogP contribution in [0, 0.1) is 47.3 Å². The maximum atomic E-state index is 13.5. The number of benzene rings is 2. The van der Waals surface area contributed by atoms with Crippen LogP contribution in [0.1, 0.15) is 0 Å². The van der Waals surface area contributed by atoms with Gasteiger partial charge >= 0.3 is 0 Å². The summed E-state index contributed by atoms with van der Waals surface area (Å²) in [5.41, 5.74) is 0.838. The molecule has 4 aliphatic carbocycles. The Labute approximate surface area is 194 Å². The Balaban J connectivity index is 1.25. The number of imide groups is 2. The van der Waals surface area contributed by atoms with Gasteiger partial charge < -0.3 is 10.2 Å². The molecule has 6 aliphatic rings. The molecule has 0 spiro atoms. The lowest BCUT2D eigenvalue weighted by Gasteiger charge is -2.60. The van der Waals surface area contributed by atoms with Crippen molar-refractivity contribution in [1.82, 2.24) is 0 Å². The molecule has 2 aromatic carbocycles. The number of phenolic OH excluding ortho intramolecular Hbond substituents is 2. The van der Waals surface area contributed by atoms with E-state index in [1.807, 2.05) is 12.2 Å². The van der Waals surface area contributed by atoms with Crippen molar-refractivity contribution < 1.29 is 29.4 Å². The number of aromatic hydroxyl groups is 2. The van der Waals surface area contributed by atoms with Crippen molar-refractivity contribution in [3.05, 3.63) is 60.7 Å². The number of fused-ring (bicyclic) bond motifs is 1. The summed E-state index contributed by atoms with van der Waals surface area (Å²) >= 11 is 0. The minimum absolute atomic E-state index is 0.0445. The first-order chi connectivity index (χ1) is 16.4. The van der Waals surface area contributed by atoms with E-state index in [1.165, 1.54) is 34.1 Å². The van der Waals surface area contributed by atoms with E-state index in [4.69, 9.17) is 0 Å². The Morgan fingerprint density at radius 1 is 0.500 bits per heavy atom. The minimum Gasteiger partial charge on any atom is -0.508 e. The number of amides is 4. The second kappa shape index (κ2) is 6.34. The molecule has 2 aliphatic heterocycles. The summed E-state index contributed by atoms with van der Waals surface area (Å²) in [5.74, 6) is -4.01. The van der Waals surface area contributed by atoms with E-state index in [2.05, 4.69) is 0 Å². The number of nitrogens with zero attached hydrogens (tertiary/aromatic N) is 2. The molecule has 8 heteroatoms. The fourth-order valence-electron chi connectivity index (χ4n) is 7.31. The molecule has 2 aromatic rings. The average Bonchev–Trinajstić information content (AvgIpc) is 3.19. The van der Waals surface area contributed by atoms with Gasteiger partial charge in [-0.2, -0.15) is 0 Å². The first kappa shape index (κ1) is 19.5. The van der Waals surface area contributed by atoms with E-state index < -0.39 is 23.7 Å². The second-order valence-electron chi connectivity index (χ2n) is 9.85. The molecule has 4 amide bonds. The van der Waals surface area contributed by atoms with Crippen molar-refractivity contribution in [3.8, 4) is 11.5 Å². The molecule has 2 N–H and O–H groups in total. The lowest BCUT2D eigenvalue weighted by Crippen LogP contribution is -2.63. The Kier molecular flexibility index (Phi) is 3.64. The highest BCUT2D eigenvalue weighted by molar-refractivity contribution is 6.25. The maximum absolute atomic E-state index is 13.5.